The number of benzene rings is 1. The Morgan fingerprint density at radius 2 is 2.18 bits per heavy atom. The summed E-state index contributed by atoms with van der Waals surface area (Å²) in [5.41, 5.74) is 7.91. The third-order valence-electron chi connectivity index (χ3n) is 2.72. The van der Waals surface area contributed by atoms with Crippen molar-refractivity contribution >= 4 is 28.6 Å². The Morgan fingerprint density at radius 1 is 1.35 bits per heavy atom. The first-order valence-corrected chi connectivity index (χ1v) is 6.73. The normalized spacial score (nSPS) is 12.4. The zero-order valence-electron chi connectivity index (χ0n) is 9.61. The molecular weight excluding hydrogens is 252 g/mol. The lowest BCUT2D eigenvalue weighted by atomic mass is 10.1. The van der Waals surface area contributed by atoms with Crippen molar-refractivity contribution in [3.8, 4) is 0 Å². The van der Waals surface area contributed by atoms with Crippen molar-refractivity contribution in [1.29, 1.82) is 0 Å². The van der Waals surface area contributed by atoms with Crippen molar-refractivity contribution in [2.24, 2.45) is 5.73 Å². The van der Waals surface area contributed by atoms with Gasteiger partial charge in [-0.2, -0.15) is 0 Å². The van der Waals surface area contributed by atoms with Crippen LogP contribution >= 0.6 is 22.9 Å². The van der Waals surface area contributed by atoms with Crippen molar-refractivity contribution in [1.82, 2.24) is 0 Å². The molecule has 0 amide bonds. The summed E-state index contributed by atoms with van der Waals surface area (Å²) >= 11 is 7.81. The van der Waals surface area contributed by atoms with Crippen molar-refractivity contribution in [3.05, 3.63) is 51.2 Å². The Bertz CT molecular complexity index is 482. The molecule has 0 bridgehead atoms. The molecule has 0 saturated heterocycles. The maximum absolute atomic E-state index is 6.10. The van der Waals surface area contributed by atoms with E-state index >= 15 is 0 Å². The molecule has 1 aromatic heterocycles. The monoisotopic (exact) mass is 266 g/mol. The lowest BCUT2D eigenvalue weighted by Gasteiger charge is -2.18. The van der Waals surface area contributed by atoms with E-state index in [1.807, 2.05) is 31.2 Å². The summed E-state index contributed by atoms with van der Waals surface area (Å²) in [5, 5.41) is 6.28. The zero-order chi connectivity index (χ0) is 12.3. The quantitative estimate of drug-likeness (QED) is 0.883. The molecule has 3 N–H and O–H groups in total. The SMILES string of the molecule is Cc1c(Cl)cccc1NC(CN)c1cccs1. The molecule has 2 nitrogen and oxygen atoms in total. The average molecular weight is 267 g/mol. The summed E-state index contributed by atoms with van der Waals surface area (Å²) in [7, 11) is 0. The molecule has 0 fully saturated rings. The molecule has 17 heavy (non-hydrogen) atoms. The molecule has 1 unspecified atom stereocenters. The van der Waals surface area contributed by atoms with E-state index in [4.69, 9.17) is 17.3 Å². The first-order chi connectivity index (χ1) is 8.22. The van der Waals surface area contributed by atoms with Gasteiger partial charge in [-0.25, -0.2) is 0 Å². The summed E-state index contributed by atoms with van der Waals surface area (Å²) in [6.45, 7) is 2.57. The minimum atomic E-state index is 0.146. The first-order valence-electron chi connectivity index (χ1n) is 5.47. The van der Waals surface area contributed by atoms with E-state index < -0.39 is 0 Å². The number of nitrogens with two attached hydrogens (primary N) is 1. The highest BCUT2D eigenvalue weighted by Crippen LogP contribution is 2.28. The van der Waals surface area contributed by atoms with Crippen LogP contribution in [0.4, 0.5) is 5.69 Å². The highest BCUT2D eigenvalue weighted by atomic mass is 35.5. The maximum atomic E-state index is 6.10. The molecule has 0 spiro atoms. The zero-order valence-corrected chi connectivity index (χ0v) is 11.2. The van der Waals surface area contributed by atoms with E-state index in [0.717, 1.165) is 16.3 Å². The second-order valence-corrected chi connectivity index (χ2v) is 5.25. The predicted octanol–water partition coefficient (Wildman–Crippen LogP) is 3.82. The second kappa shape index (κ2) is 5.54. The fourth-order valence-electron chi connectivity index (χ4n) is 1.69. The van der Waals surface area contributed by atoms with Gasteiger partial charge < -0.3 is 11.1 Å². The van der Waals surface area contributed by atoms with Crippen LogP contribution in [0, 0.1) is 6.92 Å². The molecule has 90 valence electrons. The predicted molar refractivity (Wildman–Crippen MR) is 75.9 cm³/mol. The average Bonchev–Trinajstić information content (AvgIpc) is 2.85. The van der Waals surface area contributed by atoms with Gasteiger partial charge in [-0.3, -0.25) is 0 Å². The van der Waals surface area contributed by atoms with E-state index in [9.17, 15) is 0 Å². The number of hydrogen-bond acceptors (Lipinski definition) is 3. The van der Waals surface area contributed by atoms with Crippen molar-refractivity contribution in [3.63, 3.8) is 0 Å². The lowest BCUT2D eigenvalue weighted by molar-refractivity contribution is 0.805. The van der Waals surface area contributed by atoms with Gasteiger partial charge in [-0.15, -0.1) is 11.3 Å². The number of halogens is 1. The van der Waals surface area contributed by atoms with Gasteiger partial charge in [0.25, 0.3) is 0 Å². The van der Waals surface area contributed by atoms with E-state index in [-0.39, 0.29) is 6.04 Å². The fraction of sp³-hybridized carbons (Fsp3) is 0.231. The lowest BCUT2D eigenvalue weighted by Crippen LogP contribution is -2.20. The van der Waals surface area contributed by atoms with Crippen LogP contribution in [0.5, 0.6) is 0 Å². The number of rotatable bonds is 4. The van der Waals surface area contributed by atoms with Crippen LogP contribution in [0.3, 0.4) is 0 Å². The Labute approximate surface area is 110 Å². The number of hydrogen-bond donors (Lipinski definition) is 2. The molecule has 2 aromatic rings. The van der Waals surface area contributed by atoms with Gasteiger partial charge in [0.2, 0.25) is 0 Å². The molecule has 0 aliphatic rings. The van der Waals surface area contributed by atoms with Crippen LogP contribution in [0.1, 0.15) is 16.5 Å². The van der Waals surface area contributed by atoms with Crippen molar-refractivity contribution in [2.75, 3.05) is 11.9 Å². The summed E-state index contributed by atoms with van der Waals surface area (Å²) in [6, 6.07) is 10.1. The van der Waals surface area contributed by atoms with Gasteiger partial charge >= 0.3 is 0 Å². The molecule has 0 aliphatic heterocycles. The molecule has 0 saturated carbocycles. The number of anilines is 1. The molecule has 0 radical (unpaired) electrons. The molecule has 1 atom stereocenters. The largest absolute Gasteiger partial charge is 0.376 e. The highest BCUT2D eigenvalue weighted by Gasteiger charge is 2.12. The van der Waals surface area contributed by atoms with E-state index in [1.165, 1.54) is 4.88 Å². The van der Waals surface area contributed by atoms with Gasteiger partial charge in [0.05, 0.1) is 6.04 Å². The summed E-state index contributed by atoms with van der Waals surface area (Å²) in [6.07, 6.45) is 0. The first kappa shape index (κ1) is 12.4. The van der Waals surface area contributed by atoms with Crippen molar-refractivity contribution < 1.29 is 0 Å². The van der Waals surface area contributed by atoms with Crippen LogP contribution in [0.25, 0.3) is 0 Å². The maximum Gasteiger partial charge on any atom is 0.0728 e. The molecule has 1 aromatic carbocycles. The minimum Gasteiger partial charge on any atom is -0.376 e. The van der Waals surface area contributed by atoms with Crippen LogP contribution in [0.15, 0.2) is 35.7 Å². The van der Waals surface area contributed by atoms with Crippen molar-refractivity contribution in [2.45, 2.75) is 13.0 Å². The van der Waals surface area contributed by atoms with Crippen LogP contribution < -0.4 is 11.1 Å². The third kappa shape index (κ3) is 2.80. The minimum absolute atomic E-state index is 0.146. The molecule has 2 rings (SSSR count). The van der Waals surface area contributed by atoms with E-state index in [2.05, 4.69) is 16.8 Å². The Balaban J connectivity index is 2.22. The van der Waals surface area contributed by atoms with E-state index in [1.54, 1.807) is 11.3 Å². The molecular formula is C13H15ClN2S. The Morgan fingerprint density at radius 3 is 2.82 bits per heavy atom. The number of nitrogens with one attached hydrogen (secondary N) is 1. The molecule has 1 heterocycles. The second-order valence-electron chi connectivity index (χ2n) is 3.86. The molecule has 0 aliphatic carbocycles. The summed E-state index contributed by atoms with van der Waals surface area (Å²) in [5.74, 6) is 0. The fourth-order valence-corrected chi connectivity index (χ4v) is 2.65. The molecule has 4 heteroatoms. The van der Waals surface area contributed by atoms with Crippen LogP contribution in [-0.4, -0.2) is 6.54 Å². The summed E-state index contributed by atoms with van der Waals surface area (Å²) < 4.78 is 0. The Kier molecular flexibility index (Phi) is 4.05. The number of thiophene rings is 1. The Hall–Kier alpha value is -1.03. The topological polar surface area (TPSA) is 38.0 Å². The standard InChI is InChI=1S/C13H15ClN2S/c1-9-10(14)4-2-5-11(9)16-12(8-15)13-6-3-7-17-13/h2-7,12,16H,8,15H2,1H3. The third-order valence-corrected chi connectivity index (χ3v) is 4.12. The van der Waals surface area contributed by atoms with Gasteiger partial charge in [-0.1, -0.05) is 23.7 Å². The van der Waals surface area contributed by atoms with E-state index in [0.29, 0.717) is 6.54 Å². The van der Waals surface area contributed by atoms with Crippen LogP contribution in [-0.2, 0) is 0 Å². The smallest absolute Gasteiger partial charge is 0.0728 e. The van der Waals surface area contributed by atoms with Crippen LogP contribution in [0.2, 0.25) is 5.02 Å². The van der Waals surface area contributed by atoms with Gasteiger partial charge in [0.1, 0.15) is 0 Å². The highest BCUT2D eigenvalue weighted by molar-refractivity contribution is 7.10. The van der Waals surface area contributed by atoms with Gasteiger partial charge in [0.15, 0.2) is 0 Å². The van der Waals surface area contributed by atoms with Gasteiger partial charge in [-0.05, 0) is 36.1 Å². The van der Waals surface area contributed by atoms with Gasteiger partial charge in [0, 0.05) is 22.1 Å². The summed E-state index contributed by atoms with van der Waals surface area (Å²) in [4.78, 5) is 1.24.